The first-order valence-electron chi connectivity index (χ1n) is 7.10. The zero-order valence-corrected chi connectivity index (χ0v) is 14.9. The minimum Gasteiger partial charge on any atom is -0.324 e. The highest BCUT2D eigenvalue weighted by atomic mass is 127. The third-order valence-corrected chi connectivity index (χ3v) is 4.27. The van der Waals surface area contributed by atoms with E-state index in [0.717, 1.165) is 20.2 Å². The van der Waals surface area contributed by atoms with Gasteiger partial charge in [0.05, 0.1) is 16.6 Å². The Bertz CT molecular complexity index is 952. The molecule has 1 aromatic heterocycles. The van der Waals surface area contributed by atoms with Crippen LogP contribution >= 0.6 is 22.6 Å². The van der Waals surface area contributed by atoms with E-state index in [9.17, 15) is 14.9 Å². The van der Waals surface area contributed by atoms with E-state index in [-0.39, 0.29) is 18.1 Å². The summed E-state index contributed by atoms with van der Waals surface area (Å²) in [6.45, 7) is 1.90. The highest BCUT2D eigenvalue weighted by Gasteiger charge is 2.13. The van der Waals surface area contributed by atoms with Gasteiger partial charge in [0.2, 0.25) is 5.91 Å². The van der Waals surface area contributed by atoms with Gasteiger partial charge in [0.15, 0.2) is 0 Å². The summed E-state index contributed by atoms with van der Waals surface area (Å²) in [4.78, 5) is 22.7. The molecule has 1 heterocycles. The van der Waals surface area contributed by atoms with Gasteiger partial charge >= 0.3 is 0 Å². The Morgan fingerprint density at radius 3 is 2.83 bits per heavy atom. The monoisotopic (exact) mass is 436 g/mol. The first-order valence-corrected chi connectivity index (χ1v) is 8.18. The highest BCUT2D eigenvalue weighted by molar-refractivity contribution is 14.1. The molecular formula is C16H13IN4O3. The maximum absolute atomic E-state index is 12.3. The van der Waals surface area contributed by atoms with Crippen molar-refractivity contribution < 1.29 is 9.72 Å². The van der Waals surface area contributed by atoms with Crippen LogP contribution in [-0.4, -0.2) is 20.6 Å². The SMILES string of the molecule is Cc1cc(I)ccc1NC(=O)Cn1ncc2ccc([N+](=O)[O-])cc21. The average Bonchev–Trinajstić information content (AvgIpc) is 2.92. The van der Waals surface area contributed by atoms with E-state index in [4.69, 9.17) is 0 Å². The second kappa shape index (κ2) is 6.56. The second-order valence-corrected chi connectivity index (χ2v) is 6.56. The van der Waals surface area contributed by atoms with Crippen molar-refractivity contribution in [2.45, 2.75) is 13.5 Å². The maximum Gasteiger partial charge on any atom is 0.271 e. The molecule has 0 saturated carbocycles. The molecule has 0 aliphatic heterocycles. The van der Waals surface area contributed by atoms with Crippen LogP contribution in [0.3, 0.4) is 0 Å². The van der Waals surface area contributed by atoms with Gasteiger partial charge in [-0.3, -0.25) is 19.6 Å². The summed E-state index contributed by atoms with van der Waals surface area (Å²) in [6, 6.07) is 10.2. The van der Waals surface area contributed by atoms with Crippen molar-refractivity contribution in [2.75, 3.05) is 5.32 Å². The largest absolute Gasteiger partial charge is 0.324 e. The van der Waals surface area contributed by atoms with Gasteiger partial charge in [-0.1, -0.05) is 0 Å². The van der Waals surface area contributed by atoms with E-state index in [1.54, 1.807) is 12.3 Å². The smallest absolute Gasteiger partial charge is 0.271 e. The Kier molecular flexibility index (Phi) is 4.47. The van der Waals surface area contributed by atoms with Crippen LogP contribution < -0.4 is 5.32 Å². The molecule has 122 valence electrons. The first kappa shape index (κ1) is 16.4. The van der Waals surface area contributed by atoms with Crippen molar-refractivity contribution in [3.63, 3.8) is 0 Å². The number of benzene rings is 2. The summed E-state index contributed by atoms with van der Waals surface area (Å²) in [7, 11) is 0. The molecule has 0 bridgehead atoms. The average molecular weight is 436 g/mol. The third kappa shape index (κ3) is 3.37. The number of non-ortho nitro benzene ring substituents is 1. The van der Waals surface area contributed by atoms with Gasteiger partial charge in [-0.15, -0.1) is 0 Å². The van der Waals surface area contributed by atoms with Crippen LogP contribution in [-0.2, 0) is 11.3 Å². The van der Waals surface area contributed by atoms with Crippen molar-refractivity contribution in [2.24, 2.45) is 0 Å². The fourth-order valence-electron chi connectivity index (χ4n) is 2.39. The molecule has 0 spiro atoms. The van der Waals surface area contributed by atoms with Crippen LogP contribution in [0.25, 0.3) is 10.9 Å². The molecule has 0 unspecified atom stereocenters. The lowest BCUT2D eigenvalue weighted by molar-refractivity contribution is -0.384. The Hall–Kier alpha value is -2.49. The lowest BCUT2D eigenvalue weighted by Crippen LogP contribution is -2.20. The molecule has 7 nitrogen and oxygen atoms in total. The van der Waals surface area contributed by atoms with Crippen molar-refractivity contribution in [1.82, 2.24) is 9.78 Å². The zero-order chi connectivity index (χ0) is 17.3. The van der Waals surface area contributed by atoms with Crippen molar-refractivity contribution >= 4 is 50.8 Å². The number of nitro benzene ring substituents is 1. The van der Waals surface area contributed by atoms with Crippen LogP contribution in [0.15, 0.2) is 42.6 Å². The number of hydrogen-bond donors (Lipinski definition) is 1. The predicted molar refractivity (Wildman–Crippen MR) is 98.9 cm³/mol. The van der Waals surface area contributed by atoms with Crippen LogP contribution in [0, 0.1) is 20.6 Å². The normalized spacial score (nSPS) is 10.8. The van der Waals surface area contributed by atoms with Crippen LogP contribution in [0.2, 0.25) is 0 Å². The van der Waals surface area contributed by atoms with E-state index >= 15 is 0 Å². The third-order valence-electron chi connectivity index (χ3n) is 3.60. The molecule has 0 saturated heterocycles. The van der Waals surface area contributed by atoms with Crippen LogP contribution in [0.5, 0.6) is 0 Å². The minimum absolute atomic E-state index is 0.0178. The van der Waals surface area contributed by atoms with Gasteiger partial charge in [-0.25, -0.2) is 0 Å². The number of nitrogens with zero attached hydrogens (tertiary/aromatic N) is 3. The Balaban J connectivity index is 1.82. The summed E-state index contributed by atoms with van der Waals surface area (Å²) < 4.78 is 2.55. The van der Waals surface area contributed by atoms with Crippen LogP contribution in [0.4, 0.5) is 11.4 Å². The van der Waals surface area contributed by atoms with E-state index in [1.165, 1.54) is 16.8 Å². The van der Waals surface area contributed by atoms with Gasteiger partial charge in [0.1, 0.15) is 6.54 Å². The maximum atomic E-state index is 12.3. The number of hydrogen-bond acceptors (Lipinski definition) is 4. The summed E-state index contributed by atoms with van der Waals surface area (Å²) in [5.74, 6) is -0.240. The number of nitrogens with one attached hydrogen (secondary N) is 1. The molecule has 2 aromatic carbocycles. The molecule has 1 amide bonds. The Morgan fingerprint density at radius 1 is 1.33 bits per heavy atom. The number of halogens is 1. The molecule has 3 rings (SSSR count). The van der Waals surface area contributed by atoms with Crippen molar-refractivity contribution in [3.8, 4) is 0 Å². The number of nitro groups is 1. The number of carbonyl (C=O) groups excluding carboxylic acids is 1. The fourth-order valence-corrected chi connectivity index (χ4v) is 3.04. The molecule has 0 aliphatic rings. The predicted octanol–water partition coefficient (Wildman–Crippen LogP) is 3.50. The zero-order valence-electron chi connectivity index (χ0n) is 12.7. The van der Waals surface area contributed by atoms with E-state index in [2.05, 4.69) is 33.0 Å². The van der Waals surface area contributed by atoms with Gasteiger partial charge in [-0.05, 0) is 59.3 Å². The van der Waals surface area contributed by atoms with Gasteiger partial charge in [-0.2, -0.15) is 5.10 Å². The molecule has 0 aliphatic carbocycles. The molecule has 24 heavy (non-hydrogen) atoms. The summed E-state index contributed by atoms with van der Waals surface area (Å²) >= 11 is 2.21. The summed E-state index contributed by atoms with van der Waals surface area (Å²) in [5, 5.41) is 18.6. The Labute approximate surface area is 150 Å². The number of anilines is 1. The van der Waals surface area contributed by atoms with Gasteiger partial charge in [0, 0.05) is 26.8 Å². The number of aromatic nitrogens is 2. The van der Waals surface area contributed by atoms with E-state index in [1.807, 2.05) is 25.1 Å². The van der Waals surface area contributed by atoms with E-state index < -0.39 is 4.92 Å². The second-order valence-electron chi connectivity index (χ2n) is 5.31. The lowest BCUT2D eigenvalue weighted by Gasteiger charge is -2.09. The highest BCUT2D eigenvalue weighted by Crippen LogP contribution is 2.21. The minimum atomic E-state index is -0.466. The summed E-state index contributed by atoms with van der Waals surface area (Å²) in [6.07, 6.45) is 1.59. The number of amides is 1. The van der Waals surface area contributed by atoms with Crippen LogP contribution in [0.1, 0.15) is 5.56 Å². The number of aryl methyl sites for hydroxylation is 1. The van der Waals surface area contributed by atoms with Gasteiger partial charge in [0.25, 0.3) is 5.69 Å². The standard InChI is InChI=1S/C16H13IN4O3/c1-10-6-12(17)3-5-14(10)19-16(22)9-20-15-7-13(21(23)24)4-2-11(15)8-18-20/h2-8H,9H2,1H3,(H,19,22). The molecule has 1 N–H and O–H groups in total. The molecule has 8 heteroatoms. The topological polar surface area (TPSA) is 90.1 Å². The molecule has 3 aromatic rings. The quantitative estimate of drug-likeness (QED) is 0.385. The van der Waals surface area contributed by atoms with Crippen molar-refractivity contribution in [3.05, 3.63) is 61.8 Å². The first-order chi connectivity index (χ1) is 11.4. The van der Waals surface area contributed by atoms with Gasteiger partial charge < -0.3 is 5.32 Å². The Morgan fingerprint density at radius 2 is 2.12 bits per heavy atom. The number of rotatable bonds is 4. The summed E-state index contributed by atoms with van der Waals surface area (Å²) in [5.41, 5.74) is 2.23. The lowest BCUT2D eigenvalue weighted by atomic mass is 10.2. The number of carbonyl (C=O) groups is 1. The van der Waals surface area contributed by atoms with Crippen molar-refractivity contribution in [1.29, 1.82) is 0 Å². The van der Waals surface area contributed by atoms with E-state index in [0.29, 0.717) is 5.52 Å². The molecular weight excluding hydrogens is 423 g/mol. The molecule has 0 radical (unpaired) electrons. The number of fused-ring (bicyclic) bond motifs is 1. The fraction of sp³-hybridized carbons (Fsp3) is 0.125. The molecule has 0 fully saturated rings. The molecule has 0 atom stereocenters.